The Morgan fingerprint density at radius 1 is 2.00 bits per heavy atom. The van der Waals surface area contributed by atoms with Gasteiger partial charge in [0.25, 0.3) is 0 Å². The topological polar surface area (TPSA) is 63.3 Å². The van der Waals surface area contributed by atoms with E-state index in [-0.39, 0.29) is 0 Å². The van der Waals surface area contributed by atoms with Crippen LogP contribution in [0.3, 0.4) is 0 Å². The van der Waals surface area contributed by atoms with E-state index < -0.39 is 9.99 Å². The zero-order valence-corrected chi connectivity index (χ0v) is 4.37. The van der Waals surface area contributed by atoms with E-state index in [2.05, 4.69) is 5.14 Å². The van der Waals surface area contributed by atoms with Gasteiger partial charge in [0.2, 0.25) is 0 Å². The van der Waals surface area contributed by atoms with Crippen LogP contribution in [0.4, 0.5) is 0 Å². The molecular weight excluding hydrogens is 126 g/mol. The van der Waals surface area contributed by atoms with Crippen molar-refractivity contribution in [3.8, 4) is 0 Å². The molecule has 0 saturated heterocycles. The van der Waals surface area contributed by atoms with Crippen molar-refractivity contribution >= 4 is 26.4 Å². The summed E-state index contributed by atoms with van der Waals surface area (Å²) in [6.45, 7) is 0. The number of nitrogens with two attached hydrogens (primary N) is 1. The van der Waals surface area contributed by atoms with Gasteiger partial charge in [0.05, 0.1) is 4.83 Å². The minimum atomic E-state index is -3.27. The van der Waals surface area contributed by atoms with Gasteiger partial charge in [-0.2, -0.15) is 0 Å². The molecule has 0 aliphatic carbocycles. The van der Waals surface area contributed by atoms with E-state index in [1.807, 2.05) is 0 Å². The first-order valence-electron chi connectivity index (χ1n) is 1.04. The van der Waals surface area contributed by atoms with Crippen molar-refractivity contribution in [1.29, 1.82) is 0 Å². The Kier molecular flexibility index (Phi) is 1.86. The minimum absolute atomic E-state index is 0.521. The van der Waals surface area contributed by atoms with E-state index in [1.54, 1.807) is 0 Å². The molecule has 6 heavy (non-hydrogen) atoms. The molecule has 0 radical (unpaired) electrons. The fraction of sp³-hybridized carbons (Fsp3) is 0. The predicted octanol–water partition coefficient (Wildman–Crippen LogP) is -0.384. The average Bonchev–Trinajstić information content (AvgIpc) is 1.35. The van der Waals surface area contributed by atoms with Gasteiger partial charge in [0, 0.05) is 0 Å². The maximum atomic E-state index is 9.70. The molecule has 0 saturated carbocycles. The molecule has 0 spiro atoms. The second kappa shape index (κ2) is 1.79. The van der Waals surface area contributed by atoms with Gasteiger partial charge in [0.1, 0.15) is 0 Å². The Morgan fingerprint density at radius 3 is 2.17 bits per heavy atom. The lowest BCUT2D eigenvalue weighted by Crippen LogP contribution is -2.10. The summed E-state index contributed by atoms with van der Waals surface area (Å²) >= 11 is 4.70. The third kappa shape index (κ3) is 4.23. The third-order valence-corrected chi connectivity index (χ3v) is 1.15. The molecule has 0 aromatic carbocycles. The molecule has 0 aromatic heterocycles. The fourth-order valence-corrected chi connectivity index (χ4v) is 0. The van der Waals surface area contributed by atoms with Crippen LogP contribution < -0.4 is 5.14 Å². The quantitative estimate of drug-likeness (QED) is 0.346. The molecule has 38 valence electrons. The molecular formula is CH4ClNO2S. The van der Waals surface area contributed by atoms with Crippen molar-refractivity contribution in [2.24, 2.45) is 5.14 Å². The Bertz CT molecular complexity index is 126. The molecule has 0 aromatic rings. The van der Waals surface area contributed by atoms with Gasteiger partial charge >= 0.3 is 0 Å². The van der Waals surface area contributed by atoms with E-state index in [0.717, 1.165) is 0 Å². The highest BCUT2D eigenvalue weighted by Crippen LogP contribution is 1.67. The van der Waals surface area contributed by atoms with Crippen LogP contribution in [0, 0.1) is 0 Å². The van der Waals surface area contributed by atoms with Crippen LogP contribution in [-0.2, 0) is 9.99 Å². The molecule has 5 heteroatoms. The molecule has 0 heterocycles. The summed E-state index contributed by atoms with van der Waals surface area (Å²) in [5, 5.41) is 4.43. The first-order chi connectivity index (χ1) is 2.56. The van der Waals surface area contributed by atoms with Crippen LogP contribution in [0.1, 0.15) is 0 Å². The summed E-state index contributed by atoms with van der Waals surface area (Å²) in [7, 11) is -3.27. The van der Waals surface area contributed by atoms with Crippen LogP contribution in [-0.4, -0.2) is 13.6 Å². The van der Waals surface area contributed by atoms with Gasteiger partial charge in [-0.25, -0.2) is 9.35 Å². The maximum Gasteiger partial charge on any atom is 0.153 e. The number of hydrogen-bond donors (Lipinski definition) is 2. The zero-order chi connectivity index (χ0) is 5.21. The van der Waals surface area contributed by atoms with Crippen LogP contribution in [0.25, 0.3) is 0 Å². The van der Waals surface area contributed by atoms with Gasteiger partial charge in [-0.05, 0) is 0 Å². The summed E-state index contributed by atoms with van der Waals surface area (Å²) < 4.78 is 17.6. The Labute approximate surface area is 41.1 Å². The molecule has 0 aliphatic heterocycles. The SMILES string of the molecule is NS(=O)(O)=CCl. The third-order valence-electron chi connectivity index (χ3n) is 0.128. The van der Waals surface area contributed by atoms with Gasteiger partial charge in [-0.1, -0.05) is 11.6 Å². The molecule has 0 fully saturated rings. The van der Waals surface area contributed by atoms with Crippen molar-refractivity contribution < 1.29 is 8.76 Å². The van der Waals surface area contributed by atoms with Crippen LogP contribution in [0.2, 0.25) is 0 Å². The highest BCUT2D eigenvalue weighted by atomic mass is 35.5. The highest BCUT2D eigenvalue weighted by Gasteiger charge is 1.80. The summed E-state index contributed by atoms with van der Waals surface area (Å²) in [6, 6.07) is 0. The van der Waals surface area contributed by atoms with Crippen molar-refractivity contribution in [1.82, 2.24) is 0 Å². The number of halogens is 1. The lowest BCUT2D eigenvalue weighted by molar-refractivity contribution is 0.562. The molecule has 1 unspecified atom stereocenters. The van der Waals surface area contributed by atoms with Crippen LogP contribution in [0.5, 0.6) is 0 Å². The lowest BCUT2D eigenvalue weighted by atomic mass is 11.9. The van der Waals surface area contributed by atoms with Crippen molar-refractivity contribution in [2.75, 3.05) is 0 Å². The van der Waals surface area contributed by atoms with Crippen molar-refractivity contribution in [3.63, 3.8) is 0 Å². The fourth-order valence-electron chi connectivity index (χ4n) is 0. The van der Waals surface area contributed by atoms with E-state index in [0.29, 0.717) is 4.83 Å². The van der Waals surface area contributed by atoms with Gasteiger partial charge < -0.3 is 4.55 Å². The number of rotatable bonds is 0. The maximum absolute atomic E-state index is 9.70. The van der Waals surface area contributed by atoms with Crippen molar-refractivity contribution in [3.05, 3.63) is 0 Å². The van der Waals surface area contributed by atoms with Gasteiger partial charge in [0.15, 0.2) is 9.99 Å². The second-order valence-corrected chi connectivity index (χ2v) is 2.64. The largest absolute Gasteiger partial charge is 0.302 e. The Balaban J connectivity index is 4.24. The lowest BCUT2D eigenvalue weighted by Gasteiger charge is -1.82. The van der Waals surface area contributed by atoms with Gasteiger partial charge in [-0.15, -0.1) is 0 Å². The molecule has 0 rings (SSSR count). The first kappa shape index (κ1) is 6.23. The average molecular weight is 130 g/mol. The summed E-state index contributed by atoms with van der Waals surface area (Å²) in [4.78, 5) is 0.521. The second-order valence-electron chi connectivity index (χ2n) is 0.703. The Hall–Kier alpha value is 0.230. The van der Waals surface area contributed by atoms with Crippen LogP contribution >= 0.6 is 11.6 Å². The normalized spacial score (nSPS) is 19.2. The summed E-state index contributed by atoms with van der Waals surface area (Å²) in [6.07, 6.45) is 0. The van der Waals surface area contributed by atoms with E-state index in [4.69, 9.17) is 16.2 Å². The molecule has 0 bridgehead atoms. The van der Waals surface area contributed by atoms with Crippen LogP contribution in [0.15, 0.2) is 0 Å². The highest BCUT2D eigenvalue weighted by molar-refractivity contribution is 7.95. The molecule has 3 nitrogen and oxygen atoms in total. The standard InChI is InChI=1S/CH4ClNO2S/c2-1-6(3,4)5/h1H,(H3,3,4,5). The number of hydrogen-bond acceptors (Lipinski definition) is 1. The summed E-state index contributed by atoms with van der Waals surface area (Å²) in [5.41, 5.74) is 0. The van der Waals surface area contributed by atoms with E-state index in [9.17, 15) is 4.21 Å². The van der Waals surface area contributed by atoms with Gasteiger partial charge in [-0.3, -0.25) is 0 Å². The monoisotopic (exact) mass is 129 g/mol. The zero-order valence-electron chi connectivity index (χ0n) is 2.80. The van der Waals surface area contributed by atoms with Crippen molar-refractivity contribution in [2.45, 2.75) is 0 Å². The molecule has 0 amide bonds. The smallest absolute Gasteiger partial charge is 0.153 e. The molecule has 3 N–H and O–H groups in total. The Morgan fingerprint density at radius 2 is 2.17 bits per heavy atom. The van der Waals surface area contributed by atoms with E-state index in [1.165, 1.54) is 0 Å². The summed E-state index contributed by atoms with van der Waals surface area (Å²) in [5.74, 6) is 0. The van der Waals surface area contributed by atoms with E-state index >= 15 is 0 Å². The predicted molar refractivity (Wildman–Crippen MR) is 26.9 cm³/mol. The molecule has 0 aliphatic rings. The molecule has 1 atom stereocenters. The minimum Gasteiger partial charge on any atom is -0.302 e. The first-order valence-corrected chi connectivity index (χ1v) is 3.12.